The van der Waals surface area contributed by atoms with Crippen LogP contribution in [-0.4, -0.2) is 29.2 Å². The molecule has 18 heavy (non-hydrogen) atoms. The van der Waals surface area contributed by atoms with E-state index in [-0.39, 0.29) is 30.0 Å². The molecular formula is C13H24N2O3. The average molecular weight is 256 g/mol. The summed E-state index contributed by atoms with van der Waals surface area (Å²) in [5.74, 6) is -0.309. The van der Waals surface area contributed by atoms with Crippen molar-refractivity contribution < 1.29 is 14.7 Å². The molecule has 1 aliphatic carbocycles. The molecule has 0 aromatic carbocycles. The molecule has 0 radical (unpaired) electrons. The van der Waals surface area contributed by atoms with E-state index in [0.29, 0.717) is 5.92 Å². The largest absolute Gasteiger partial charge is 0.481 e. The molecule has 1 rings (SSSR count). The third-order valence-corrected chi connectivity index (χ3v) is 3.49. The number of nitrogens with one attached hydrogen (secondary N) is 2. The van der Waals surface area contributed by atoms with Crippen LogP contribution in [0.15, 0.2) is 0 Å². The maximum atomic E-state index is 11.8. The van der Waals surface area contributed by atoms with Gasteiger partial charge in [-0.05, 0) is 17.8 Å². The number of hydrogen-bond donors (Lipinski definition) is 3. The Hall–Kier alpha value is -1.26. The summed E-state index contributed by atoms with van der Waals surface area (Å²) in [6, 6.07) is -0.355. The monoisotopic (exact) mass is 256 g/mol. The maximum absolute atomic E-state index is 11.8. The van der Waals surface area contributed by atoms with E-state index in [9.17, 15) is 9.59 Å². The van der Waals surface area contributed by atoms with Crippen molar-refractivity contribution in [1.29, 1.82) is 0 Å². The first-order valence-corrected chi connectivity index (χ1v) is 6.52. The van der Waals surface area contributed by atoms with Crippen LogP contribution in [0.5, 0.6) is 0 Å². The van der Waals surface area contributed by atoms with Gasteiger partial charge in [0, 0.05) is 12.1 Å². The Labute approximate surface area is 108 Å². The van der Waals surface area contributed by atoms with Crippen LogP contribution >= 0.6 is 0 Å². The van der Waals surface area contributed by atoms with Crippen LogP contribution in [0.25, 0.3) is 0 Å². The van der Waals surface area contributed by atoms with Crippen LogP contribution in [0.2, 0.25) is 0 Å². The summed E-state index contributed by atoms with van der Waals surface area (Å²) in [5.41, 5.74) is -0.274. The van der Waals surface area contributed by atoms with E-state index in [1.165, 1.54) is 0 Å². The molecule has 1 fully saturated rings. The van der Waals surface area contributed by atoms with Gasteiger partial charge in [0.15, 0.2) is 0 Å². The number of urea groups is 1. The summed E-state index contributed by atoms with van der Waals surface area (Å²) < 4.78 is 0. The predicted octanol–water partition coefficient (Wildman–Crippen LogP) is 1.97. The molecule has 1 aliphatic rings. The van der Waals surface area contributed by atoms with Crippen LogP contribution in [-0.2, 0) is 4.79 Å². The fourth-order valence-electron chi connectivity index (χ4n) is 1.99. The van der Waals surface area contributed by atoms with Gasteiger partial charge in [-0.25, -0.2) is 4.79 Å². The first kappa shape index (κ1) is 14.8. The van der Waals surface area contributed by atoms with Crippen LogP contribution in [0.4, 0.5) is 4.79 Å². The van der Waals surface area contributed by atoms with Gasteiger partial charge in [-0.2, -0.15) is 0 Å². The van der Waals surface area contributed by atoms with Gasteiger partial charge >= 0.3 is 12.0 Å². The van der Waals surface area contributed by atoms with Crippen LogP contribution in [0, 0.1) is 11.3 Å². The van der Waals surface area contributed by atoms with Crippen molar-refractivity contribution in [3.8, 4) is 0 Å². The molecule has 5 nitrogen and oxygen atoms in total. The Morgan fingerprint density at radius 3 is 2.39 bits per heavy atom. The van der Waals surface area contributed by atoms with Gasteiger partial charge < -0.3 is 15.7 Å². The zero-order valence-corrected chi connectivity index (χ0v) is 11.6. The van der Waals surface area contributed by atoms with Crippen molar-refractivity contribution in [3.63, 3.8) is 0 Å². The SMILES string of the molecule is CCC1CC1NC(=O)NC(CC(=O)O)C(C)(C)C. The lowest BCUT2D eigenvalue weighted by Crippen LogP contribution is -2.49. The molecule has 3 unspecified atom stereocenters. The highest BCUT2D eigenvalue weighted by Crippen LogP contribution is 2.33. The van der Waals surface area contributed by atoms with E-state index < -0.39 is 5.97 Å². The lowest BCUT2D eigenvalue weighted by molar-refractivity contribution is -0.138. The van der Waals surface area contributed by atoms with E-state index in [1.54, 1.807) is 0 Å². The molecule has 0 aliphatic heterocycles. The smallest absolute Gasteiger partial charge is 0.315 e. The zero-order valence-electron chi connectivity index (χ0n) is 11.6. The van der Waals surface area contributed by atoms with Crippen LogP contribution < -0.4 is 10.6 Å². The number of amides is 2. The van der Waals surface area contributed by atoms with Crippen molar-refractivity contribution >= 4 is 12.0 Å². The topological polar surface area (TPSA) is 78.4 Å². The highest BCUT2D eigenvalue weighted by molar-refractivity contribution is 5.76. The number of carboxylic acids is 1. The second kappa shape index (κ2) is 5.59. The Balaban J connectivity index is 2.45. The van der Waals surface area contributed by atoms with Gasteiger partial charge in [0.2, 0.25) is 0 Å². The zero-order chi connectivity index (χ0) is 13.9. The number of hydrogen-bond acceptors (Lipinski definition) is 2. The normalized spacial score (nSPS) is 24.2. The quantitative estimate of drug-likeness (QED) is 0.703. The Kier molecular flexibility index (Phi) is 4.59. The molecule has 2 amide bonds. The number of aliphatic carboxylic acids is 1. The molecule has 0 aromatic rings. The van der Waals surface area contributed by atoms with Crippen LogP contribution in [0.3, 0.4) is 0 Å². The first-order chi connectivity index (χ1) is 8.24. The summed E-state index contributed by atoms with van der Waals surface area (Å²) in [7, 11) is 0. The minimum atomic E-state index is -0.895. The van der Waals surface area contributed by atoms with E-state index in [2.05, 4.69) is 17.6 Å². The summed E-state index contributed by atoms with van der Waals surface area (Å²) in [5, 5.41) is 14.5. The Morgan fingerprint density at radius 1 is 1.39 bits per heavy atom. The van der Waals surface area contributed by atoms with Crippen molar-refractivity contribution in [3.05, 3.63) is 0 Å². The number of rotatable bonds is 5. The summed E-state index contributed by atoms with van der Waals surface area (Å²) in [4.78, 5) is 22.6. The summed E-state index contributed by atoms with van der Waals surface area (Å²) >= 11 is 0. The molecule has 0 aromatic heterocycles. The molecule has 0 bridgehead atoms. The minimum Gasteiger partial charge on any atom is -0.481 e. The van der Waals surface area contributed by atoms with E-state index >= 15 is 0 Å². The highest BCUT2D eigenvalue weighted by atomic mass is 16.4. The van der Waals surface area contributed by atoms with Gasteiger partial charge in [-0.3, -0.25) is 4.79 Å². The number of carbonyl (C=O) groups is 2. The molecule has 0 spiro atoms. The van der Waals surface area contributed by atoms with Gasteiger partial charge in [-0.1, -0.05) is 34.1 Å². The average Bonchev–Trinajstić information content (AvgIpc) is 2.93. The summed E-state index contributed by atoms with van der Waals surface area (Å²) in [6.07, 6.45) is 2.05. The molecule has 3 atom stereocenters. The molecule has 3 N–H and O–H groups in total. The Bertz CT molecular complexity index is 323. The minimum absolute atomic E-state index is 0.0568. The summed E-state index contributed by atoms with van der Waals surface area (Å²) in [6.45, 7) is 7.87. The van der Waals surface area contributed by atoms with Crippen LogP contribution in [0.1, 0.15) is 47.0 Å². The third-order valence-electron chi connectivity index (χ3n) is 3.49. The van der Waals surface area contributed by atoms with E-state index in [4.69, 9.17) is 5.11 Å². The molecule has 5 heteroatoms. The third kappa shape index (κ3) is 4.55. The standard InChI is InChI=1S/C13H24N2O3/c1-5-8-6-9(8)14-12(18)15-10(7-11(16)17)13(2,3)4/h8-10H,5-7H2,1-4H3,(H,16,17)(H2,14,15,18). The molecule has 104 valence electrons. The molecule has 0 saturated heterocycles. The number of carboxylic acid groups (broad SMARTS) is 1. The van der Waals surface area contributed by atoms with E-state index in [1.807, 2.05) is 20.8 Å². The molecular weight excluding hydrogens is 232 g/mol. The highest BCUT2D eigenvalue weighted by Gasteiger charge is 2.37. The fourth-order valence-corrected chi connectivity index (χ4v) is 1.99. The van der Waals surface area contributed by atoms with Gasteiger partial charge in [-0.15, -0.1) is 0 Å². The predicted molar refractivity (Wildman–Crippen MR) is 69.3 cm³/mol. The lowest BCUT2D eigenvalue weighted by Gasteiger charge is -2.30. The second-order valence-electron chi connectivity index (χ2n) is 6.14. The van der Waals surface area contributed by atoms with Gasteiger partial charge in [0.1, 0.15) is 0 Å². The van der Waals surface area contributed by atoms with Crippen molar-refractivity contribution in [2.45, 2.75) is 59.0 Å². The second-order valence-corrected chi connectivity index (χ2v) is 6.14. The Morgan fingerprint density at radius 2 is 2.00 bits per heavy atom. The lowest BCUT2D eigenvalue weighted by atomic mass is 9.85. The molecule has 0 heterocycles. The number of carbonyl (C=O) groups excluding carboxylic acids is 1. The van der Waals surface area contributed by atoms with Gasteiger partial charge in [0.05, 0.1) is 6.42 Å². The maximum Gasteiger partial charge on any atom is 0.315 e. The van der Waals surface area contributed by atoms with Gasteiger partial charge in [0.25, 0.3) is 0 Å². The molecule has 1 saturated carbocycles. The fraction of sp³-hybridized carbons (Fsp3) is 0.846. The van der Waals surface area contributed by atoms with Crippen molar-refractivity contribution in [2.24, 2.45) is 11.3 Å². The first-order valence-electron chi connectivity index (χ1n) is 6.52. The van der Waals surface area contributed by atoms with E-state index in [0.717, 1.165) is 12.8 Å². The van der Waals surface area contributed by atoms with Crippen molar-refractivity contribution in [1.82, 2.24) is 10.6 Å². The van der Waals surface area contributed by atoms with Crippen molar-refractivity contribution in [2.75, 3.05) is 0 Å².